The van der Waals surface area contributed by atoms with E-state index in [0.29, 0.717) is 22.4 Å². The van der Waals surface area contributed by atoms with Crippen molar-refractivity contribution in [2.24, 2.45) is 0 Å². The van der Waals surface area contributed by atoms with Gasteiger partial charge in [-0.2, -0.15) is 0 Å². The third-order valence-electron chi connectivity index (χ3n) is 6.86. The summed E-state index contributed by atoms with van der Waals surface area (Å²) in [6.45, 7) is 6.14. The maximum Gasteiger partial charge on any atom is 0.405 e. The zero-order valence-electron chi connectivity index (χ0n) is 24.3. The van der Waals surface area contributed by atoms with E-state index >= 15 is 0 Å². The predicted octanol–water partition coefficient (Wildman–Crippen LogP) is 6.55. The van der Waals surface area contributed by atoms with Crippen LogP contribution < -0.4 is 15.0 Å². The fourth-order valence-electron chi connectivity index (χ4n) is 4.76. The lowest BCUT2D eigenvalue weighted by Gasteiger charge is -2.22. The van der Waals surface area contributed by atoms with Crippen LogP contribution in [0.1, 0.15) is 59.3 Å². The fraction of sp³-hybridized carbons (Fsp3) is 0.312. The second kappa shape index (κ2) is 14.7. The van der Waals surface area contributed by atoms with Gasteiger partial charge in [0.05, 0.1) is 17.7 Å². The van der Waals surface area contributed by atoms with Gasteiger partial charge >= 0.3 is 6.09 Å². The molecule has 0 fully saturated rings. The number of aliphatic hydroxyl groups is 1. The molecule has 4 rings (SSSR count). The van der Waals surface area contributed by atoms with Crippen molar-refractivity contribution in [3.8, 4) is 16.3 Å². The SMILES string of the molecule is CCCCN(C(=O)c1ccccc1F)c1nnc(-c2cc(C)c(OCC(O)CC(NC(=O)O)c3ccccc3)c(C)c2)s1. The number of anilines is 1. The maximum absolute atomic E-state index is 14.4. The van der Waals surface area contributed by atoms with Crippen molar-refractivity contribution >= 4 is 28.5 Å². The summed E-state index contributed by atoms with van der Waals surface area (Å²) in [7, 11) is 0. The predicted molar refractivity (Wildman–Crippen MR) is 164 cm³/mol. The van der Waals surface area contributed by atoms with E-state index in [9.17, 15) is 24.2 Å². The minimum absolute atomic E-state index is 0.0143. The van der Waals surface area contributed by atoms with Crippen molar-refractivity contribution < 1.29 is 28.9 Å². The van der Waals surface area contributed by atoms with Gasteiger partial charge < -0.3 is 20.3 Å². The number of benzene rings is 3. The van der Waals surface area contributed by atoms with Crippen LogP contribution in [-0.4, -0.2) is 51.7 Å². The summed E-state index contributed by atoms with van der Waals surface area (Å²) in [5, 5.41) is 32.0. The molecular weight excluding hydrogens is 571 g/mol. The molecule has 2 amide bonds. The quantitative estimate of drug-likeness (QED) is 0.158. The number of nitrogens with one attached hydrogen (secondary N) is 1. The smallest absolute Gasteiger partial charge is 0.405 e. The summed E-state index contributed by atoms with van der Waals surface area (Å²) >= 11 is 1.25. The van der Waals surface area contributed by atoms with E-state index in [1.807, 2.05) is 51.1 Å². The number of carbonyl (C=O) groups excluding carboxylic acids is 1. The number of amides is 2. The molecule has 9 nitrogen and oxygen atoms in total. The van der Waals surface area contributed by atoms with E-state index in [-0.39, 0.29) is 18.6 Å². The van der Waals surface area contributed by atoms with Gasteiger partial charge in [0, 0.05) is 18.5 Å². The van der Waals surface area contributed by atoms with Crippen LogP contribution in [0.5, 0.6) is 5.75 Å². The molecule has 0 bridgehead atoms. The lowest BCUT2D eigenvalue weighted by atomic mass is 10.0. The number of carbonyl (C=O) groups is 2. The van der Waals surface area contributed by atoms with Crippen LogP contribution in [0, 0.1) is 19.7 Å². The topological polar surface area (TPSA) is 125 Å². The van der Waals surface area contributed by atoms with Crippen LogP contribution in [0.4, 0.5) is 14.3 Å². The highest BCUT2D eigenvalue weighted by Gasteiger charge is 2.24. The Balaban J connectivity index is 1.48. The van der Waals surface area contributed by atoms with Gasteiger partial charge in [-0.25, -0.2) is 9.18 Å². The minimum Gasteiger partial charge on any atom is -0.490 e. The van der Waals surface area contributed by atoms with E-state index in [2.05, 4.69) is 15.5 Å². The van der Waals surface area contributed by atoms with Crippen molar-refractivity contribution in [2.75, 3.05) is 18.1 Å². The van der Waals surface area contributed by atoms with E-state index in [1.54, 1.807) is 24.3 Å². The van der Waals surface area contributed by atoms with Crippen molar-refractivity contribution in [2.45, 2.75) is 52.2 Å². The molecule has 2 atom stereocenters. The van der Waals surface area contributed by atoms with E-state index in [4.69, 9.17) is 4.74 Å². The summed E-state index contributed by atoms with van der Waals surface area (Å²) in [6, 6.07) is 18.2. The van der Waals surface area contributed by atoms with Crippen LogP contribution >= 0.6 is 11.3 Å². The molecule has 4 aromatic rings. The summed E-state index contributed by atoms with van der Waals surface area (Å²) in [5.74, 6) is -0.439. The number of unbranched alkanes of at least 4 members (excludes halogenated alkanes) is 1. The van der Waals surface area contributed by atoms with Gasteiger partial charge in [0.25, 0.3) is 5.91 Å². The van der Waals surface area contributed by atoms with Crippen molar-refractivity contribution in [3.05, 3.63) is 94.8 Å². The third kappa shape index (κ3) is 8.14. The number of rotatable bonds is 13. The Morgan fingerprint density at radius 2 is 1.72 bits per heavy atom. The fourth-order valence-corrected chi connectivity index (χ4v) is 5.61. The molecule has 226 valence electrons. The van der Waals surface area contributed by atoms with Crippen molar-refractivity contribution in [1.29, 1.82) is 0 Å². The van der Waals surface area contributed by atoms with Gasteiger partial charge in [0.1, 0.15) is 23.2 Å². The number of carboxylic acid groups (broad SMARTS) is 1. The number of aryl methyl sites for hydroxylation is 2. The standard InChI is InChI=1S/C32H35FN4O5S/c1-4-5-15-37(30(39)25-13-9-10-14-26(25)33)31-36-35-29(43-31)23-16-20(2)28(21(3)17-23)42-19-24(38)18-27(34-32(40)41)22-11-7-6-8-12-22/h6-14,16-17,24,27,34,38H,4-5,15,18-19H2,1-3H3,(H,40,41). The maximum atomic E-state index is 14.4. The van der Waals surface area contributed by atoms with Crippen LogP contribution in [0.3, 0.4) is 0 Å². The molecule has 0 aliphatic carbocycles. The van der Waals surface area contributed by atoms with Gasteiger partial charge in [-0.3, -0.25) is 9.69 Å². The number of ether oxygens (including phenoxy) is 1. The number of aromatic nitrogens is 2. The monoisotopic (exact) mass is 606 g/mol. The van der Waals surface area contributed by atoms with Gasteiger partial charge in [-0.05, 0) is 61.2 Å². The highest BCUT2D eigenvalue weighted by atomic mass is 32.1. The summed E-state index contributed by atoms with van der Waals surface area (Å²) < 4.78 is 20.4. The normalized spacial score (nSPS) is 12.4. The first-order chi connectivity index (χ1) is 20.7. The minimum atomic E-state index is -1.17. The lowest BCUT2D eigenvalue weighted by Crippen LogP contribution is -2.32. The number of halogens is 1. The van der Waals surface area contributed by atoms with Crippen molar-refractivity contribution in [1.82, 2.24) is 15.5 Å². The first-order valence-electron chi connectivity index (χ1n) is 14.0. The highest BCUT2D eigenvalue weighted by Crippen LogP contribution is 2.35. The number of hydrogen-bond acceptors (Lipinski definition) is 7. The van der Waals surface area contributed by atoms with Crippen LogP contribution in [-0.2, 0) is 0 Å². The first kappa shape index (κ1) is 31.6. The van der Waals surface area contributed by atoms with Crippen LogP contribution in [0.2, 0.25) is 0 Å². The van der Waals surface area contributed by atoms with Crippen molar-refractivity contribution in [3.63, 3.8) is 0 Å². The molecule has 1 heterocycles. The van der Waals surface area contributed by atoms with E-state index in [0.717, 1.165) is 35.1 Å². The molecule has 0 aliphatic rings. The Bertz CT molecular complexity index is 1520. The zero-order valence-corrected chi connectivity index (χ0v) is 25.1. The molecule has 43 heavy (non-hydrogen) atoms. The Hall–Kier alpha value is -4.35. The Morgan fingerprint density at radius 1 is 1.05 bits per heavy atom. The van der Waals surface area contributed by atoms with Gasteiger partial charge in [0.15, 0.2) is 0 Å². The molecule has 0 spiro atoms. The second-order valence-corrected chi connectivity index (χ2v) is 11.2. The molecular formula is C32H35FN4O5S. The second-order valence-electron chi connectivity index (χ2n) is 10.2. The first-order valence-corrected chi connectivity index (χ1v) is 14.9. The molecule has 3 N–H and O–H groups in total. The Morgan fingerprint density at radius 3 is 2.37 bits per heavy atom. The largest absolute Gasteiger partial charge is 0.490 e. The average molecular weight is 607 g/mol. The molecule has 0 aliphatic heterocycles. The number of hydrogen-bond donors (Lipinski definition) is 3. The lowest BCUT2D eigenvalue weighted by molar-refractivity contribution is 0.0888. The molecule has 3 aromatic carbocycles. The van der Waals surface area contributed by atoms with Crippen LogP contribution in [0.25, 0.3) is 10.6 Å². The van der Waals surface area contributed by atoms with E-state index < -0.39 is 30.0 Å². The molecule has 0 saturated carbocycles. The number of nitrogens with zero attached hydrogens (tertiary/aromatic N) is 3. The zero-order chi connectivity index (χ0) is 30.9. The summed E-state index contributed by atoms with van der Waals surface area (Å²) in [4.78, 5) is 26.0. The van der Waals surface area contributed by atoms with E-state index in [1.165, 1.54) is 28.4 Å². The van der Waals surface area contributed by atoms with Gasteiger partial charge in [-0.15, -0.1) is 10.2 Å². The number of aliphatic hydroxyl groups excluding tert-OH is 1. The summed E-state index contributed by atoms with van der Waals surface area (Å²) in [5.41, 5.74) is 3.15. The third-order valence-corrected chi connectivity index (χ3v) is 7.86. The molecule has 2 unspecified atom stereocenters. The highest BCUT2D eigenvalue weighted by molar-refractivity contribution is 7.18. The molecule has 1 aromatic heterocycles. The molecule has 0 saturated heterocycles. The Labute approximate surface area is 254 Å². The average Bonchev–Trinajstić information content (AvgIpc) is 3.47. The van der Waals surface area contributed by atoms with Crippen LogP contribution in [0.15, 0.2) is 66.7 Å². The molecule has 11 heteroatoms. The van der Waals surface area contributed by atoms with Gasteiger partial charge in [-0.1, -0.05) is 67.1 Å². The molecule has 0 radical (unpaired) electrons. The Kier molecular flexibility index (Phi) is 10.8. The van der Waals surface area contributed by atoms with Gasteiger partial charge in [0.2, 0.25) is 5.13 Å². The summed E-state index contributed by atoms with van der Waals surface area (Å²) in [6.07, 6.45) is -0.384.